The van der Waals surface area contributed by atoms with E-state index >= 15 is 0 Å². The van der Waals surface area contributed by atoms with E-state index in [-0.39, 0.29) is 28.7 Å². The van der Waals surface area contributed by atoms with Crippen LogP contribution in [-0.2, 0) is 30.5 Å². The maximum atomic E-state index is 12.7. The summed E-state index contributed by atoms with van der Waals surface area (Å²) in [6.07, 6.45) is 0. The van der Waals surface area contributed by atoms with Crippen molar-refractivity contribution in [2.45, 2.75) is 27.3 Å². The summed E-state index contributed by atoms with van der Waals surface area (Å²) in [7, 11) is 0. The highest BCUT2D eigenvalue weighted by molar-refractivity contribution is 5.93. The number of amides is 1. The molecule has 1 saturated heterocycles. The topological polar surface area (TPSA) is 129 Å². The van der Waals surface area contributed by atoms with Crippen molar-refractivity contribution >= 4 is 29.8 Å². The van der Waals surface area contributed by atoms with Crippen molar-refractivity contribution in [1.82, 2.24) is 9.80 Å². The molecule has 0 atom stereocenters. The molecule has 1 heterocycles. The van der Waals surface area contributed by atoms with Crippen molar-refractivity contribution < 1.29 is 42.9 Å². The van der Waals surface area contributed by atoms with Crippen LogP contribution < -0.4 is 14.2 Å². The second-order valence-electron chi connectivity index (χ2n) is 8.30. The van der Waals surface area contributed by atoms with Crippen LogP contribution in [0, 0.1) is 0 Å². The molecule has 196 valence electrons. The molecule has 11 nitrogen and oxygen atoms in total. The molecular formula is C26H28N2O9. The van der Waals surface area contributed by atoms with Crippen LogP contribution in [0.15, 0.2) is 42.5 Å². The fourth-order valence-electron chi connectivity index (χ4n) is 3.70. The van der Waals surface area contributed by atoms with Gasteiger partial charge in [0.05, 0.1) is 5.56 Å². The van der Waals surface area contributed by atoms with Gasteiger partial charge in [-0.15, -0.1) is 0 Å². The van der Waals surface area contributed by atoms with Crippen molar-refractivity contribution in [3.63, 3.8) is 0 Å². The van der Waals surface area contributed by atoms with Gasteiger partial charge in [0.2, 0.25) is 5.75 Å². The highest BCUT2D eigenvalue weighted by Gasteiger charge is 2.25. The Morgan fingerprint density at radius 1 is 0.757 bits per heavy atom. The second kappa shape index (κ2) is 12.6. The molecular weight excluding hydrogens is 484 g/mol. The van der Waals surface area contributed by atoms with E-state index in [9.17, 15) is 24.0 Å². The van der Waals surface area contributed by atoms with E-state index in [0.29, 0.717) is 26.2 Å². The third-order valence-electron chi connectivity index (χ3n) is 5.31. The molecule has 0 bridgehead atoms. The monoisotopic (exact) mass is 512 g/mol. The Morgan fingerprint density at radius 3 is 1.81 bits per heavy atom. The van der Waals surface area contributed by atoms with Gasteiger partial charge in [0, 0.05) is 53.5 Å². The predicted octanol–water partition coefficient (Wildman–Crippen LogP) is 1.96. The van der Waals surface area contributed by atoms with Gasteiger partial charge in [0.1, 0.15) is 0 Å². The molecule has 0 radical (unpaired) electrons. The van der Waals surface area contributed by atoms with E-state index in [1.165, 1.54) is 5.56 Å². The Bertz CT molecular complexity index is 1130. The summed E-state index contributed by atoms with van der Waals surface area (Å²) in [5.74, 6) is -4.59. The lowest BCUT2D eigenvalue weighted by molar-refractivity contribution is -0.136. The molecule has 1 aliphatic heterocycles. The minimum absolute atomic E-state index is 0.177. The second-order valence-corrected chi connectivity index (χ2v) is 8.30. The maximum absolute atomic E-state index is 12.7. The first kappa shape index (κ1) is 27.3. The summed E-state index contributed by atoms with van der Waals surface area (Å²) in [5, 5.41) is 0. The first-order chi connectivity index (χ1) is 17.6. The van der Waals surface area contributed by atoms with Crippen LogP contribution in [0.1, 0.15) is 36.7 Å². The average molecular weight is 513 g/mol. The van der Waals surface area contributed by atoms with E-state index in [2.05, 4.69) is 17.0 Å². The van der Waals surface area contributed by atoms with Crippen LogP contribution in [-0.4, -0.2) is 72.4 Å². The molecule has 0 spiro atoms. The molecule has 0 aromatic heterocycles. The smallest absolute Gasteiger partial charge is 0.338 e. The third-order valence-corrected chi connectivity index (χ3v) is 5.31. The number of carbonyl (C=O) groups excluding carboxylic acids is 5. The van der Waals surface area contributed by atoms with Gasteiger partial charge in [0.15, 0.2) is 18.1 Å². The molecule has 3 rings (SSSR count). The highest BCUT2D eigenvalue weighted by Crippen LogP contribution is 2.39. The fourth-order valence-corrected chi connectivity index (χ4v) is 3.70. The molecule has 0 saturated carbocycles. The molecule has 1 amide bonds. The van der Waals surface area contributed by atoms with Gasteiger partial charge in [-0.3, -0.25) is 24.1 Å². The molecule has 11 heteroatoms. The number of rotatable bonds is 8. The van der Waals surface area contributed by atoms with Crippen LogP contribution in [0.4, 0.5) is 0 Å². The van der Waals surface area contributed by atoms with Crippen LogP contribution in [0.25, 0.3) is 0 Å². The maximum Gasteiger partial charge on any atom is 0.338 e. The normalized spacial score (nSPS) is 13.4. The van der Waals surface area contributed by atoms with Gasteiger partial charge in [-0.2, -0.15) is 0 Å². The number of benzene rings is 2. The molecule has 1 aliphatic rings. The quantitative estimate of drug-likeness (QED) is 0.382. The summed E-state index contributed by atoms with van der Waals surface area (Å²) in [6, 6.07) is 12.2. The number of hydrogen-bond donors (Lipinski definition) is 0. The molecule has 0 N–H and O–H groups in total. The molecule has 1 fully saturated rings. The predicted molar refractivity (Wildman–Crippen MR) is 129 cm³/mol. The lowest BCUT2D eigenvalue weighted by Crippen LogP contribution is -2.49. The van der Waals surface area contributed by atoms with Gasteiger partial charge < -0.3 is 23.8 Å². The molecule has 0 unspecified atom stereocenters. The van der Waals surface area contributed by atoms with E-state index in [4.69, 9.17) is 18.9 Å². The van der Waals surface area contributed by atoms with Gasteiger partial charge in [-0.1, -0.05) is 30.3 Å². The lowest BCUT2D eigenvalue weighted by atomic mass is 10.2. The van der Waals surface area contributed by atoms with Gasteiger partial charge >= 0.3 is 23.9 Å². The summed E-state index contributed by atoms with van der Waals surface area (Å²) >= 11 is 0. The Morgan fingerprint density at radius 2 is 1.30 bits per heavy atom. The van der Waals surface area contributed by atoms with Crippen molar-refractivity contribution in [1.29, 1.82) is 0 Å². The number of carbonyl (C=O) groups is 5. The standard InChI is InChI=1S/C26H28N2O9/c1-17(29)35-22-13-21(14-23(36-18(2)30)25(22)37-19(3)31)26(33)34-16-24(32)28-11-9-27(10-12-28)15-20-7-5-4-6-8-20/h4-8,13-14H,9-12,15-16H2,1-3H3. The SMILES string of the molecule is CC(=O)Oc1cc(C(=O)OCC(=O)N2CCN(Cc3ccccc3)CC2)cc(OC(C)=O)c1OC(C)=O. The van der Waals surface area contributed by atoms with Crippen molar-refractivity contribution in [2.75, 3.05) is 32.8 Å². The average Bonchev–Trinajstić information content (AvgIpc) is 2.84. The van der Waals surface area contributed by atoms with Gasteiger partial charge in [-0.25, -0.2) is 4.79 Å². The van der Waals surface area contributed by atoms with Crippen molar-refractivity contribution in [2.24, 2.45) is 0 Å². The van der Waals surface area contributed by atoms with Gasteiger partial charge in [0.25, 0.3) is 5.91 Å². The molecule has 2 aromatic rings. The number of piperazine rings is 1. The van der Waals surface area contributed by atoms with Gasteiger partial charge in [-0.05, 0) is 17.7 Å². The summed E-state index contributed by atoms with van der Waals surface area (Å²) < 4.78 is 20.3. The zero-order valence-electron chi connectivity index (χ0n) is 20.9. The highest BCUT2D eigenvalue weighted by atomic mass is 16.6. The number of ether oxygens (including phenoxy) is 4. The Kier molecular flexibility index (Phi) is 9.33. The van der Waals surface area contributed by atoms with Crippen LogP contribution in [0.3, 0.4) is 0 Å². The van der Waals surface area contributed by atoms with E-state index in [0.717, 1.165) is 39.4 Å². The minimum atomic E-state index is -0.924. The summed E-state index contributed by atoms with van der Waals surface area (Å²) in [6.45, 7) is 5.95. The Balaban J connectivity index is 1.64. The Labute approximate surface area is 213 Å². The van der Waals surface area contributed by atoms with Crippen LogP contribution in [0.5, 0.6) is 17.2 Å². The van der Waals surface area contributed by atoms with Crippen molar-refractivity contribution in [3.05, 3.63) is 53.6 Å². The van der Waals surface area contributed by atoms with Crippen LogP contribution in [0.2, 0.25) is 0 Å². The van der Waals surface area contributed by atoms with Crippen molar-refractivity contribution in [3.8, 4) is 17.2 Å². The number of nitrogens with zero attached hydrogens (tertiary/aromatic N) is 2. The largest absolute Gasteiger partial charge is 0.452 e. The first-order valence-electron chi connectivity index (χ1n) is 11.6. The molecule has 0 aliphatic carbocycles. The zero-order valence-corrected chi connectivity index (χ0v) is 20.9. The first-order valence-corrected chi connectivity index (χ1v) is 11.6. The molecule has 37 heavy (non-hydrogen) atoms. The lowest BCUT2D eigenvalue weighted by Gasteiger charge is -2.34. The summed E-state index contributed by atoms with van der Waals surface area (Å²) in [4.78, 5) is 63.8. The van der Waals surface area contributed by atoms with Crippen LogP contribution >= 0.6 is 0 Å². The fraction of sp³-hybridized carbons (Fsp3) is 0.346. The minimum Gasteiger partial charge on any atom is -0.452 e. The zero-order chi connectivity index (χ0) is 26.9. The third kappa shape index (κ3) is 8.14. The summed E-state index contributed by atoms with van der Waals surface area (Å²) in [5.41, 5.74) is 1.01. The van der Waals surface area contributed by atoms with E-state index < -0.39 is 30.5 Å². The van der Waals surface area contributed by atoms with E-state index in [1.54, 1.807) is 4.90 Å². The molecule has 2 aromatic carbocycles. The number of esters is 4. The Hall–Kier alpha value is -4.25. The number of hydrogen-bond acceptors (Lipinski definition) is 10. The van der Waals surface area contributed by atoms with E-state index in [1.807, 2.05) is 18.2 Å².